The van der Waals surface area contributed by atoms with Gasteiger partial charge in [-0.3, -0.25) is 4.79 Å². The molecule has 0 saturated heterocycles. The average molecular weight is 246 g/mol. The van der Waals surface area contributed by atoms with E-state index in [2.05, 4.69) is 11.4 Å². The smallest absolute Gasteiger partial charge is 0.252 e. The largest absolute Gasteiger partial charge is 0.334 e. The molecule has 1 aromatic rings. The summed E-state index contributed by atoms with van der Waals surface area (Å²) in [6.45, 7) is 1.73. The molecular weight excluding hydrogens is 231 g/mol. The molecule has 1 aromatic carbocycles. The second-order valence-corrected chi connectivity index (χ2v) is 4.87. The van der Waals surface area contributed by atoms with E-state index < -0.39 is 11.4 Å². The Morgan fingerprint density at radius 3 is 2.61 bits per heavy atom. The molecule has 0 unspecified atom stereocenters. The second-order valence-electron chi connectivity index (χ2n) is 4.87. The molecule has 0 heterocycles. The van der Waals surface area contributed by atoms with Gasteiger partial charge in [0.25, 0.3) is 5.91 Å². The molecule has 1 aliphatic rings. The summed E-state index contributed by atoms with van der Waals surface area (Å²) in [4.78, 5) is 12.0. The summed E-state index contributed by atoms with van der Waals surface area (Å²) >= 11 is 0. The van der Waals surface area contributed by atoms with Crippen LogP contribution in [0.25, 0.3) is 0 Å². The third-order valence-corrected chi connectivity index (χ3v) is 3.33. The van der Waals surface area contributed by atoms with Gasteiger partial charge in [-0.05, 0) is 56.4 Å². The Morgan fingerprint density at radius 2 is 2.06 bits per heavy atom. The topological polar surface area (TPSA) is 52.9 Å². The zero-order valence-corrected chi connectivity index (χ0v) is 10.3. The fourth-order valence-corrected chi connectivity index (χ4v) is 2.40. The monoisotopic (exact) mass is 246 g/mol. The van der Waals surface area contributed by atoms with E-state index >= 15 is 0 Å². The lowest BCUT2D eigenvalue weighted by Gasteiger charge is -2.22. The van der Waals surface area contributed by atoms with Crippen molar-refractivity contribution in [1.29, 1.82) is 5.26 Å². The first kappa shape index (κ1) is 12.6. The minimum atomic E-state index is -0.767. The number of nitrogens with one attached hydrogen (secondary N) is 1. The van der Waals surface area contributed by atoms with Crippen molar-refractivity contribution in [2.24, 2.45) is 0 Å². The van der Waals surface area contributed by atoms with E-state index in [9.17, 15) is 14.4 Å². The highest BCUT2D eigenvalue weighted by atomic mass is 19.1. The van der Waals surface area contributed by atoms with E-state index in [0.29, 0.717) is 18.4 Å². The van der Waals surface area contributed by atoms with Gasteiger partial charge in [0.2, 0.25) is 0 Å². The van der Waals surface area contributed by atoms with Crippen LogP contribution in [-0.2, 0) is 0 Å². The maximum atomic E-state index is 13.2. The van der Waals surface area contributed by atoms with Gasteiger partial charge < -0.3 is 5.32 Å². The van der Waals surface area contributed by atoms with Crippen LogP contribution >= 0.6 is 0 Å². The molecule has 0 bridgehead atoms. The van der Waals surface area contributed by atoms with E-state index in [-0.39, 0.29) is 11.5 Å². The Bertz CT molecular complexity index is 493. The van der Waals surface area contributed by atoms with Gasteiger partial charge in [0, 0.05) is 5.56 Å². The van der Waals surface area contributed by atoms with Crippen LogP contribution in [-0.4, -0.2) is 11.4 Å². The number of amides is 1. The van der Waals surface area contributed by atoms with Crippen LogP contribution in [0.2, 0.25) is 0 Å². The third-order valence-electron chi connectivity index (χ3n) is 3.33. The molecule has 1 amide bonds. The highest BCUT2D eigenvalue weighted by Crippen LogP contribution is 2.29. The lowest BCUT2D eigenvalue weighted by atomic mass is 9.99. The number of nitrogens with zero attached hydrogens (tertiary/aromatic N) is 1. The van der Waals surface area contributed by atoms with Crippen LogP contribution in [0.5, 0.6) is 0 Å². The van der Waals surface area contributed by atoms with E-state index in [1.54, 1.807) is 13.0 Å². The van der Waals surface area contributed by atoms with Gasteiger partial charge in [0.1, 0.15) is 11.4 Å². The van der Waals surface area contributed by atoms with E-state index in [0.717, 1.165) is 12.8 Å². The number of halogens is 1. The minimum absolute atomic E-state index is 0.272. The molecule has 0 radical (unpaired) electrons. The molecule has 1 fully saturated rings. The zero-order valence-electron chi connectivity index (χ0n) is 10.3. The lowest BCUT2D eigenvalue weighted by Crippen LogP contribution is -2.45. The first-order valence-electron chi connectivity index (χ1n) is 6.06. The molecule has 1 aliphatic carbocycles. The fraction of sp³-hybridized carbons (Fsp3) is 0.429. The van der Waals surface area contributed by atoms with Gasteiger partial charge in [0.05, 0.1) is 6.07 Å². The highest BCUT2D eigenvalue weighted by Gasteiger charge is 2.35. The SMILES string of the molecule is Cc1cc(F)cc(C(=O)NC2(C#N)CCCC2)c1. The Morgan fingerprint density at radius 1 is 1.39 bits per heavy atom. The van der Waals surface area contributed by atoms with Crippen LogP contribution in [0.1, 0.15) is 41.6 Å². The highest BCUT2D eigenvalue weighted by molar-refractivity contribution is 5.95. The first-order valence-corrected chi connectivity index (χ1v) is 6.06. The van der Waals surface area contributed by atoms with Crippen molar-refractivity contribution in [1.82, 2.24) is 5.32 Å². The number of rotatable bonds is 2. The van der Waals surface area contributed by atoms with Crippen LogP contribution in [0, 0.1) is 24.1 Å². The summed E-state index contributed by atoms with van der Waals surface area (Å²) in [7, 11) is 0. The Labute approximate surface area is 106 Å². The van der Waals surface area contributed by atoms with E-state index in [4.69, 9.17) is 0 Å². The summed E-state index contributed by atoms with van der Waals surface area (Å²) in [5, 5.41) is 11.9. The van der Waals surface area contributed by atoms with Gasteiger partial charge >= 0.3 is 0 Å². The van der Waals surface area contributed by atoms with Crippen LogP contribution in [0.3, 0.4) is 0 Å². The predicted octanol–water partition coefficient (Wildman–Crippen LogP) is 2.70. The Kier molecular flexibility index (Phi) is 3.33. The van der Waals surface area contributed by atoms with Gasteiger partial charge in [-0.2, -0.15) is 5.26 Å². The Hall–Kier alpha value is -1.89. The molecule has 0 atom stereocenters. The molecule has 1 N–H and O–H groups in total. The van der Waals surface area contributed by atoms with E-state index in [1.807, 2.05) is 0 Å². The van der Waals surface area contributed by atoms with Gasteiger partial charge in [-0.1, -0.05) is 0 Å². The normalized spacial score (nSPS) is 17.2. The number of benzene rings is 1. The van der Waals surface area contributed by atoms with Crippen LogP contribution in [0.15, 0.2) is 18.2 Å². The van der Waals surface area contributed by atoms with Gasteiger partial charge in [-0.15, -0.1) is 0 Å². The Balaban J connectivity index is 2.19. The average Bonchev–Trinajstić information content (AvgIpc) is 2.77. The molecule has 0 aliphatic heterocycles. The maximum absolute atomic E-state index is 13.2. The number of carbonyl (C=O) groups is 1. The third kappa shape index (κ3) is 2.51. The molecule has 0 spiro atoms. The fourth-order valence-electron chi connectivity index (χ4n) is 2.40. The summed E-state index contributed by atoms with van der Waals surface area (Å²) in [6, 6.07) is 6.37. The summed E-state index contributed by atoms with van der Waals surface area (Å²) in [5.41, 5.74) is 0.198. The minimum Gasteiger partial charge on any atom is -0.334 e. The standard InChI is InChI=1S/C14H15FN2O/c1-10-6-11(8-12(15)7-10)13(18)17-14(9-16)4-2-3-5-14/h6-8H,2-5H2,1H3,(H,17,18). The predicted molar refractivity (Wildman–Crippen MR) is 65.4 cm³/mol. The van der Waals surface area contributed by atoms with Crippen molar-refractivity contribution in [3.05, 3.63) is 35.1 Å². The molecule has 1 saturated carbocycles. The number of aryl methyl sites for hydroxylation is 1. The van der Waals surface area contributed by atoms with Crippen LogP contribution in [0.4, 0.5) is 4.39 Å². The maximum Gasteiger partial charge on any atom is 0.252 e. The van der Waals surface area contributed by atoms with Crippen molar-refractivity contribution in [3.8, 4) is 6.07 Å². The summed E-state index contributed by atoms with van der Waals surface area (Å²) < 4.78 is 13.2. The summed E-state index contributed by atoms with van der Waals surface area (Å²) in [5.74, 6) is -0.807. The number of hydrogen-bond donors (Lipinski definition) is 1. The molecule has 18 heavy (non-hydrogen) atoms. The van der Waals surface area contributed by atoms with Crippen molar-refractivity contribution in [2.75, 3.05) is 0 Å². The number of nitriles is 1. The molecule has 4 heteroatoms. The van der Waals surface area contributed by atoms with E-state index in [1.165, 1.54) is 12.1 Å². The lowest BCUT2D eigenvalue weighted by molar-refractivity contribution is 0.0920. The summed E-state index contributed by atoms with van der Waals surface area (Å²) in [6.07, 6.45) is 3.22. The molecular formula is C14H15FN2O. The molecule has 3 nitrogen and oxygen atoms in total. The van der Waals surface area contributed by atoms with Gasteiger partial charge in [-0.25, -0.2) is 4.39 Å². The number of carbonyl (C=O) groups excluding carboxylic acids is 1. The first-order chi connectivity index (χ1) is 8.54. The van der Waals surface area contributed by atoms with Gasteiger partial charge in [0.15, 0.2) is 0 Å². The van der Waals surface area contributed by atoms with Crippen molar-refractivity contribution in [3.63, 3.8) is 0 Å². The van der Waals surface area contributed by atoms with Crippen molar-refractivity contribution >= 4 is 5.91 Å². The molecule has 94 valence electrons. The van der Waals surface area contributed by atoms with Crippen molar-refractivity contribution < 1.29 is 9.18 Å². The number of hydrogen-bond acceptors (Lipinski definition) is 2. The molecule has 2 rings (SSSR count). The van der Waals surface area contributed by atoms with Crippen LogP contribution < -0.4 is 5.32 Å². The van der Waals surface area contributed by atoms with Crippen molar-refractivity contribution in [2.45, 2.75) is 38.1 Å². The second kappa shape index (κ2) is 4.77. The quantitative estimate of drug-likeness (QED) is 0.872. The molecule has 0 aromatic heterocycles. The zero-order chi connectivity index (χ0) is 13.2.